The average Bonchev–Trinajstić information content (AvgIpc) is 2.58. The third kappa shape index (κ3) is 5.10. The Balaban J connectivity index is 1.97. The summed E-state index contributed by atoms with van der Waals surface area (Å²) in [6.45, 7) is 7.89. The Kier molecular flexibility index (Phi) is 6.31. The number of rotatable bonds is 2. The van der Waals surface area contributed by atoms with Gasteiger partial charge in [-0.05, 0) is 23.1 Å². The molecule has 1 unspecified atom stereocenters. The van der Waals surface area contributed by atoms with Gasteiger partial charge < -0.3 is 14.9 Å². The zero-order chi connectivity index (χ0) is 18.6. The molecule has 1 heterocycles. The summed E-state index contributed by atoms with van der Waals surface area (Å²) in [6.07, 6.45) is -0.865. The first-order valence-electron chi connectivity index (χ1n) is 8.12. The van der Waals surface area contributed by atoms with E-state index < -0.39 is 6.09 Å². The first kappa shape index (κ1) is 19.5. The molecular formula is C18H23N3O2S2. The van der Waals surface area contributed by atoms with E-state index in [-0.39, 0.29) is 11.5 Å². The molecule has 1 atom stereocenters. The monoisotopic (exact) mass is 377 g/mol. The van der Waals surface area contributed by atoms with Crippen molar-refractivity contribution in [3.8, 4) is 6.07 Å². The fourth-order valence-electron chi connectivity index (χ4n) is 2.83. The molecule has 1 aliphatic rings. The van der Waals surface area contributed by atoms with Crippen LogP contribution in [0.25, 0.3) is 0 Å². The third-order valence-corrected chi connectivity index (χ3v) is 5.92. The Bertz CT molecular complexity index is 677. The first-order valence-corrected chi connectivity index (χ1v) is 9.52. The van der Waals surface area contributed by atoms with E-state index >= 15 is 0 Å². The van der Waals surface area contributed by atoms with Gasteiger partial charge in [0.05, 0.1) is 17.7 Å². The molecule has 1 aliphatic heterocycles. The lowest BCUT2D eigenvalue weighted by atomic mass is 9.84. The molecule has 1 fully saturated rings. The number of benzene rings is 1. The fraction of sp³-hybridized carbons (Fsp3) is 0.500. The van der Waals surface area contributed by atoms with Crippen LogP contribution in [0.4, 0.5) is 4.79 Å². The summed E-state index contributed by atoms with van der Waals surface area (Å²) < 4.78 is 0.795. The van der Waals surface area contributed by atoms with Crippen molar-refractivity contribution in [3.63, 3.8) is 0 Å². The highest BCUT2D eigenvalue weighted by atomic mass is 32.2. The Morgan fingerprint density at radius 3 is 2.52 bits per heavy atom. The number of carboxylic acid groups (broad SMARTS) is 1. The van der Waals surface area contributed by atoms with Crippen molar-refractivity contribution in [2.75, 3.05) is 19.6 Å². The van der Waals surface area contributed by atoms with Gasteiger partial charge in [0.25, 0.3) is 0 Å². The molecule has 5 nitrogen and oxygen atoms in total. The topological polar surface area (TPSA) is 67.6 Å². The Morgan fingerprint density at radius 2 is 2.00 bits per heavy atom. The minimum Gasteiger partial charge on any atom is -0.465 e. The fourth-order valence-corrected chi connectivity index (χ4v) is 4.00. The first-order chi connectivity index (χ1) is 11.7. The lowest BCUT2D eigenvalue weighted by Gasteiger charge is -2.46. The molecular weight excluding hydrogens is 354 g/mol. The summed E-state index contributed by atoms with van der Waals surface area (Å²) in [4.78, 5) is 15.1. The number of hydrogen-bond donors (Lipinski definition) is 1. The number of thiocarbonyl (C=S) groups is 1. The third-order valence-electron chi connectivity index (χ3n) is 4.33. The lowest BCUT2D eigenvalue weighted by Crippen LogP contribution is -2.59. The second kappa shape index (κ2) is 8.07. The van der Waals surface area contributed by atoms with Crippen molar-refractivity contribution in [2.45, 2.75) is 32.6 Å². The molecule has 2 rings (SSSR count). The Hall–Kier alpha value is -1.78. The molecule has 25 heavy (non-hydrogen) atoms. The van der Waals surface area contributed by atoms with Crippen molar-refractivity contribution in [1.29, 1.82) is 5.26 Å². The predicted octanol–water partition coefficient (Wildman–Crippen LogP) is 3.79. The zero-order valence-electron chi connectivity index (χ0n) is 14.7. The number of piperazine rings is 1. The zero-order valence-corrected chi connectivity index (χ0v) is 16.4. The van der Waals surface area contributed by atoms with Gasteiger partial charge in [0, 0.05) is 25.4 Å². The van der Waals surface area contributed by atoms with Gasteiger partial charge in [0.1, 0.15) is 4.32 Å². The van der Waals surface area contributed by atoms with Gasteiger partial charge in [-0.25, -0.2) is 4.79 Å². The van der Waals surface area contributed by atoms with E-state index in [2.05, 4.69) is 31.7 Å². The van der Waals surface area contributed by atoms with E-state index in [1.807, 2.05) is 12.1 Å². The second-order valence-corrected chi connectivity index (χ2v) is 8.78. The van der Waals surface area contributed by atoms with E-state index in [1.54, 1.807) is 23.9 Å². The highest BCUT2D eigenvalue weighted by molar-refractivity contribution is 8.22. The van der Waals surface area contributed by atoms with Crippen LogP contribution in [0, 0.1) is 16.7 Å². The minimum absolute atomic E-state index is 0.0905. The molecule has 0 bridgehead atoms. The van der Waals surface area contributed by atoms with Crippen molar-refractivity contribution < 1.29 is 9.90 Å². The van der Waals surface area contributed by atoms with Crippen LogP contribution in [-0.2, 0) is 5.75 Å². The molecule has 7 heteroatoms. The van der Waals surface area contributed by atoms with Crippen LogP contribution in [0.3, 0.4) is 0 Å². The van der Waals surface area contributed by atoms with E-state index in [0.29, 0.717) is 25.2 Å². The maximum atomic E-state index is 11.5. The molecule has 0 radical (unpaired) electrons. The summed E-state index contributed by atoms with van der Waals surface area (Å²) >= 11 is 7.15. The number of nitrogens with zero attached hydrogens (tertiary/aromatic N) is 3. The van der Waals surface area contributed by atoms with Crippen molar-refractivity contribution in [3.05, 3.63) is 35.4 Å². The molecule has 1 amide bonds. The number of thioether (sulfide) groups is 1. The smallest absolute Gasteiger partial charge is 0.407 e. The van der Waals surface area contributed by atoms with E-state index in [9.17, 15) is 9.90 Å². The Morgan fingerprint density at radius 1 is 1.36 bits per heavy atom. The number of amides is 1. The van der Waals surface area contributed by atoms with E-state index in [1.165, 1.54) is 4.90 Å². The molecule has 1 N–H and O–H groups in total. The maximum Gasteiger partial charge on any atom is 0.407 e. The molecule has 0 saturated carbocycles. The van der Waals surface area contributed by atoms with Crippen molar-refractivity contribution >= 4 is 34.4 Å². The van der Waals surface area contributed by atoms with Crippen LogP contribution in [0.15, 0.2) is 24.3 Å². The summed E-state index contributed by atoms with van der Waals surface area (Å²) in [5.74, 6) is 0.740. The van der Waals surface area contributed by atoms with Gasteiger partial charge in [-0.3, -0.25) is 0 Å². The second-order valence-electron chi connectivity index (χ2n) is 7.17. The highest BCUT2D eigenvalue weighted by Crippen LogP contribution is 2.29. The van der Waals surface area contributed by atoms with Gasteiger partial charge in [0.2, 0.25) is 0 Å². The summed E-state index contributed by atoms with van der Waals surface area (Å²) in [7, 11) is 0. The lowest BCUT2D eigenvalue weighted by molar-refractivity contribution is 0.0439. The van der Waals surface area contributed by atoms with Gasteiger partial charge in [0.15, 0.2) is 0 Å². The molecule has 0 aliphatic carbocycles. The van der Waals surface area contributed by atoms with E-state index in [0.717, 1.165) is 15.6 Å². The van der Waals surface area contributed by atoms with Crippen LogP contribution in [0.2, 0.25) is 0 Å². The van der Waals surface area contributed by atoms with Gasteiger partial charge >= 0.3 is 6.09 Å². The predicted molar refractivity (Wildman–Crippen MR) is 105 cm³/mol. The van der Waals surface area contributed by atoms with Gasteiger partial charge in [-0.15, -0.1) is 0 Å². The quantitative estimate of drug-likeness (QED) is 0.791. The Labute approximate surface area is 158 Å². The van der Waals surface area contributed by atoms with Crippen LogP contribution in [-0.4, -0.2) is 51.0 Å². The van der Waals surface area contributed by atoms with Crippen molar-refractivity contribution in [1.82, 2.24) is 9.80 Å². The molecule has 134 valence electrons. The average molecular weight is 378 g/mol. The highest BCUT2D eigenvalue weighted by Gasteiger charge is 2.38. The summed E-state index contributed by atoms with van der Waals surface area (Å²) in [6, 6.07) is 9.51. The largest absolute Gasteiger partial charge is 0.465 e. The molecule has 0 spiro atoms. The normalized spacial score (nSPS) is 17.9. The van der Waals surface area contributed by atoms with Crippen molar-refractivity contribution in [2.24, 2.45) is 5.41 Å². The van der Waals surface area contributed by atoms with Crippen LogP contribution >= 0.6 is 24.0 Å². The van der Waals surface area contributed by atoms with Gasteiger partial charge in [-0.1, -0.05) is 56.9 Å². The van der Waals surface area contributed by atoms with Crippen LogP contribution in [0.1, 0.15) is 31.9 Å². The molecule has 1 aromatic rings. The summed E-state index contributed by atoms with van der Waals surface area (Å²) in [5, 5.41) is 18.3. The maximum absolute atomic E-state index is 11.5. The SMILES string of the molecule is CC(C)(C)C1CN(C(=S)SCc2ccc(C#N)cc2)CCN1C(=O)O. The number of hydrogen-bond acceptors (Lipinski definition) is 4. The molecule has 1 aromatic carbocycles. The van der Waals surface area contributed by atoms with Crippen LogP contribution in [0.5, 0.6) is 0 Å². The summed E-state index contributed by atoms with van der Waals surface area (Å²) in [5.41, 5.74) is 1.61. The molecule has 0 aromatic heterocycles. The number of nitriles is 1. The minimum atomic E-state index is -0.865. The van der Waals surface area contributed by atoms with Crippen LogP contribution < -0.4 is 0 Å². The molecule has 1 saturated heterocycles. The number of carbonyl (C=O) groups is 1. The van der Waals surface area contributed by atoms with Gasteiger partial charge in [-0.2, -0.15) is 5.26 Å². The van der Waals surface area contributed by atoms with E-state index in [4.69, 9.17) is 17.5 Å². The standard InChI is InChI=1S/C18H23N3O2S2/c1-18(2,3)15-11-20(8-9-21(15)16(22)23)17(24)25-12-14-6-4-13(10-19)5-7-14/h4-7,15H,8-9,11-12H2,1-3H3,(H,22,23).